The fourth-order valence-corrected chi connectivity index (χ4v) is 3.73. The molecule has 1 aliphatic heterocycles. The molecule has 6 heteroatoms. The molecule has 22 heavy (non-hydrogen) atoms. The van der Waals surface area contributed by atoms with E-state index in [0.717, 1.165) is 48.3 Å². The molecular formula is C16H29N5S. The highest BCUT2D eigenvalue weighted by molar-refractivity contribution is 7.13. The molecule has 1 N–H and O–H groups in total. The first-order chi connectivity index (χ1) is 10.5. The average Bonchev–Trinajstić information content (AvgIpc) is 3.08. The Hall–Kier alpha value is -1.30. The van der Waals surface area contributed by atoms with E-state index in [9.17, 15) is 0 Å². The minimum Gasteiger partial charge on any atom is -0.354 e. The summed E-state index contributed by atoms with van der Waals surface area (Å²) < 4.78 is 0. The van der Waals surface area contributed by atoms with Crippen molar-refractivity contribution in [1.29, 1.82) is 0 Å². The van der Waals surface area contributed by atoms with Crippen molar-refractivity contribution in [2.45, 2.75) is 33.2 Å². The fourth-order valence-electron chi connectivity index (χ4n) is 2.97. The van der Waals surface area contributed by atoms with E-state index in [1.165, 1.54) is 12.8 Å². The second kappa shape index (κ2) is 7.81. The van der Waals surface area contributed by atoms with Crippen LogP contribution in [0, 0.1) is 11.8 Å². The number of nitrogens with one attached hydrogen (secondary N) is 1. The van der Waals surface area contributed by atoms with Gasteiger partial charge in [-0.25, -0.2) is 4.98 Å². The van der Waals surface area contributed by atoms with Crippen molar-refractivity contribution in [3.8, 4) is 0 Å². The van der Waals surface area contributed by atoms with Crippen molar-refractivity contribution in [2.75, 3.05) is 39.1 Å². The smallest absolute Gasteiger partial charge is 0.193 e. The maximum absolute atomic E-state index is 4.61. The topological polar surface area (TPSA) is 43.8 Å². The Bertz CT molecular complexity index is 494. The highest BCUT2D eigenvalue weighted by Gasteiger charge is 2.25. The number of hydrogen-bond acceptors (Lipinski definition) is 4. The predicted molar refractivity (Wildman–Crippen MR) is 95.8 cm³/mol. The molecule has 0 amide bonds. The van der Waals surface area contributed by atoms with Gasteiger partial charge in [-0.1, -0.05) is 13.8 Å². The summed E-state index contributed by atoms with van der Waals surface area (Å²) in [5.41, 5.74) is 1.08. The summed E-state index contributed by atoms with van der Waals surface area (Å²) in [5, 5.41) is 6.61. The maximum atomic E-state index is 4.61. The van der Waals surface area contributed by atoms with E-state index in [1.807, 2.05) is 26.0 Å². The number of likely N-dealkylation sites (tertiary alicyclic amines) is 1. The maximum Gasteiger partial charge on any atom is 0.193 e. The Morgan fingerprint density at radius 3 is 2.91 bits per heavy atom. The second-order valence-corrected chi connectivity index (χ2v) is 7.48. The van der Waals surface area contributed by atoms with Crippen molar-refractivity contribution >= 4 is 22.4 Å². The molecule has 0 spiro atoms. The van der Waals surface area contributed by atoms with E-state index < -0.39 is 0 Å². The van der Waals surface area contributed by atoms with Crippen LogP contribution in [0.25, 0.3) is 0 Å². The van der Waals surface area contributed by atoms with Gasteiger partial charge in [0.05, 0.1) is 12.2 Å². The van der Waals surface area contributed by atoms with Gasteiger partial charge in [0.15, 0.2) is 11.1 Å². The third-order valence-electron chi connectivity index (χ3n) is 3.95. The number of aromatic nitrogens is 1. The van der Waals surface area contributed by atoms with E-state index >= 15 is 0 Å². The van der Waals surface area contributed by atoms with Crippen LogP contribution in [0.5, 0.6) is 0 Å². The first-order valence-electron chi connectivity index (χ1n) is 8.07. The van der Waals surface area contributed by atoms with Crippen LogP contribution >= 0.6 is 11.3 Å². The minimum atomic E-state index is 0.738. The predicted octanol–water partition coefficient (Wildman–Crippen LogP) is 2.65. The van der Waals surface area contributed by atoms with Crippen LogP contribution in [0.4, 0.5) is 5.13 Å². The van der Waals surface area contributed by atoms with Crippen molar-refractivity contribution in [3.05, 3.63) is 11.1 Å². The number of guanidine groups is 1. The monoisotopic (exact) mass is 323 g/mol. The molecule has 1 aliphatic rings. The quantitative estimate of drug-likeness (QED) is 0.668. The largest absolute Gasteiger partial charge is 0.354 e. The molecule has 0 bridgehead atoms. The summed E-state index contributed by atoms with van der Waals surface area (Å²) in [5.74, 6) is 2.59. The van der Waals surface area contributed by atoms with Crippen molar-refractivity contribution in [3.63, 3.8) is 0 Å². The van der Waals surface area contributed by atoms with Crippen LogP contribution in [0.3, 0.4) is 0 Å². The molecule has 0 radical (unpaired) electrons. The van der Waals surface area contributed by atoms with E-state index in [0.29, 0.717) is 0 Å². The Labute approximate surface area is 138 Å². The molecule has 1 unspecified atom stereocenters. The van der Waals surface area contributed by atoms with Gasteiger partial charge in [0.2, 0.25) is 0 Å². The molecule has 1 fully saturated rings. The van der Waals surface area contributed by atoms with E-state index in [1.54, 1.807) is 11.3 Å². The van der Waals surface area contributed by atoms with Gasteiger partial charge >= 0.3 is 0 Å². The number of anilines is 1. The molecule has 0 aromatic carbocycles. The summed E-state index contributed by atoms with van der Waals surface area (Å²) in [6.07, 6.45) is 2.59. The van der Waals surface area contributed by atoms with Crippen LogP contribution in [0.15, 0.2) is 10.4 Å². The molecule has 124 valence electrons. The average molecular weight is 324 g/mol. The van der Waals surface area contributed by atoms with Crippen molar-refractivity contribution in [2.24, 2.45) is 16.8 Å². The van der Waals surface area contributed by atoms with Gasteiger partial charge in [-0.15, -0.1) is 11.3 Å². The Kier molecular flexibility index (Phi) is 6.06. The minimum absolute atomic E-state index is 0.738. The van der Waals surface area contributed by atoms with Gasteiger partial charge in [0.25, 0.3) is 0 Å². The normalized spacial score (nSPS) is 19.1. The lowest BCUT2D eigenvalue weighted by Crippen LogP contribution is -2.39. The molecule has 1 aromatic heterocycles. The Morgan fingerprint density at radius 1 is 1.55 bits per heavy atom. The zero-order chi connectivity index (χ0) is 16.1. The fraction of sp³-hybridized carbons (Fsp3) is 0.750. The summed E-state index contributed by atoms with van der Waals surface area (Å²) in [4.78, 5) is 13.5. The summed E-state index contributed by atoms with van der Waals surface area (Å²) in [6.45, 7) is 7.58. The summed E-state index contributed by atoms with van der Waals surface area (Å²) in [7, 11) is 5.91. The molecular weight excluding hydrogens is 294 g/mol. The highest BCUT2D eigenvalue weighted by atomic mass is 32.1. The molecule has 1 aromatic rings. The van der Waals surface area contributed by atoms with Gasteiger partial charge in [0, 0.05) is 39.6 Å². The van der Waals surface area contributed by atoms with Gasteiger partial charge in [-0.05, 0) is 24.7 Å². The Morgan fingerprint density at radius 2 is 2.32 bits per heavy atom. The lowest BCUT2D eigenvalue weighted by Gasteiger charge is -2.21. The zero-order valence-electron chi connectivity index (χ0n) is 14.5. The SMILES string of the molecule is CN=C(NCc1csc(N(C)C)n1)N1CCC(CC(C)C)C1. The van der Waals surface area contributed by atoms with Crippen molar-refractivity contribution < 1.29 is 0 Å². The standard InChI is InChI=1S/C16H29N5S/c1-12(2)8-13-6-7-21(10-13)15(17-3)18-9-14-11-22-16(19-14)20(4)5/h11-13H,6-10H2,1-5H3,(H,17,18). The molecule has 0 saturated carbocycles. The zero-order valence-corrected chi connectivity index (χ0v) is 15.3. The van der Waals surface area contributed by atoms with Crippen LogP contribution < -0.4 is 10.2 Å². The van der Waals surface area contributed by atoms with Gasteiger partial charge < -0.3 is 15.1 Å². The van der Waals surface area contributed by atoms with Gasteiger partial charge in [-0.3, -0.25) is 4.99 Å². The third-order valence-corrected chi connectivity index (χ3v) is 5.01. The summed E-state index contributed by atoms with van der Waals surface area (Å²) >= 11 is 1.68. The van der Waals surface area contributed by atoms with E-state index in [4.69, 9.17) is 0 Å². The molecule has 2 rings (SSSR count). The van der Waals surface area contributed by atoms with E-state index in [-0.39, 0.29) is 0 Å². The summed E-state index contributed by atoms with van der Waals surface area (Å²) in [6, 6.07) is 0. The highest BCUT2D eigenvalue weighted by Crippen LogP contribution is 2.23. The molecule has 1 saturated heterocycles. The first-order valence-corrected chi connectivity index (χ1v) is 8.95. The number of aliphatic imine (C=N–C) groups is 1. The lowest BCUT2D eigenvalue weighted by atomic mass is 9.97. The van der Waals surface area contributed by atoms with Crippen LogP contribution in [-0.4, -0.2) is 50.1 Å². The Balaban J connectivity index is 1.85. The molecule has 1 atom stereocenters. The lowest BCUT2D eigenvalue weighted by molar-refractivity contribution is 0.403. The third kappa shape index (κ3) is 4.60. The van der Waals surface area contributed by atoms with Crippen molar-refractivity contribution in [1.82, 2.24) is 15.2 Å². The molecule has 2 heterocycles. The van der Waals surface area contributed by atoms with Crippen LogP contribution in [-0.2, 0) is 6.54 Å². The second-order valence-electron chi connectivity index (χ2n) is 6.65. The number of rotatable bonds is 5. The van der Waals surface area contributed by atoms with Gasteiger partial charge in [0.1, 0.15) is 0 Å². The number of nitrogens with zero attached hydrogens (tertiary/aromatic N) is 4. The first kappa shape index (κ1) is 17.1. The molecule has 5 nitrogen and oxygen atoms in total. The number of thiazole rings is 1. The van der Waals surface area contributed by atoms with Crippen LogP contribution in [0.1, 0.15) is 32.4 Å². The number of hydrogen-bond donors (Lipinski definition) is 1. The molecule has 0 aliphatic carbocycles. The van der Waals surface area contributed by atoms with E-state index in [2.05, 4.69) is 39.4 Å². The van der Waals surface area contributed by atoms with Gasteiger partial charge in [-0.2, -0.15) is 0 Å². The van der Waals surface area contributed by atoms with Crippen LogP contribution in [0.2, 0.25) is 0 Å².